The van der Waals surface area contributed by atoms with Crippen LogP contribution in [-0.4, -0.2) is 16.1 Å². The number of rotatable bonds is 3. The lowest BCUT2D eigenvalue weighted by atomic mass is 10.1. The van der Waals surface area contributed by atoms with Crippen molar-refractivity contribution in [3.63, 3.8) is 0 Å². The molecule has 5 heteroatoms. The first-order valence-electron chi connectivity index (χ1n) is 5.46. The van der Waals surface area contributed by atoms with Crippen LogP contribution in [0.3, 0.4) is 0 Å². The number of nitriles is 2. The van der Waals surface area contributed by atoms with Crippen LogP contribution in [0.5, 0.6) is 0 Å². The normalized spacial score (nSPS) is 9.72. The van der Waals surface area contributed by atoms with Crippen molar-refractivity contribution in [2.75, 3.05) is 6.54 Å². The molecule has 18 heavy (non-hydrogen) atoms. The maximum Gasteiger partial charge on any atom is 0.101 e. The zero-order chi connectivity index (χ0) is 13.0. The van der Waals surface area contributed by atoms with Gasteiger partial charge in [-0.25, -0.2) is 4.98 Å². The van der Waals surface area contributed by atoms with Crippen LogP contribution in [0.25, 0.3) is 5.69 Å². The van der Waals surface area contributed by atoms with Gasteiger partial charge >= 0.3 is 0 Å². The van der Waals surface area contributed by atoms with Crippen LogP contribution in [0, 0.1) is 22.7 Å². The van der Waals surface area contributed by atoms with Gasteiger partial charge in [0.2, 0.25) is 0 Å². The predicted octanol–water partition coefficient (Wildman–Crippen LogP) is 1.12. The highest BCUT2D eigenvalue weighted by atomic mass is 15.0. The first-order valence-corrected chi connectivity index (χ1v) is 5.46. The zero-order valence-corrected chi connectivity index (χ0v) is 9.67. The summed E-state index contributed by atoms with van der Waals surface area (Å²) >= 11 is 0. The van der Waals surface area contributed by atoms with Gasteiger partial charge in [-0.2, -0.15) is 10.5 Å². The number of aromatic nitrogens is 2. The van der Waals surface area contributed by atoms with E-state index in [0.29, 0.717) is 24.1 Å². The number of hydrogen-bond donors (Lipinski definition) is 1. The molecule has 1 aromatic heterocycles. The first kappa shape index (κ1) is 11.8. The number of benzene rings is 1. The van der Waals surface area contributed by atoms with Crippen molar-refractivity contribution in [1.29, 1.82) is 10.5 Å². The summed E-state index contributed by atoms with van der Waals surface area (Å²) in [5.41, 5.74) is 8.06. The summed E-state index contributed by atoms with van der Waals surface area (Å²) in [4.78, 5) is 4.07. The van der Waals surface area contributed by atoms with Crippen molar-refractivity contribution >= 4 is 0 Å². The second kappa shape index (κ2) is 5.13. The maximum absolute atomic E-state index is 9.00. The van der Waals surface area contributed by atoms with E-state index in [4.69, 9.17) is 16.3 Å². The van der Waals surface area contributed by atoms with E-state index < -0.39 is 0 Å². The standard InChI is InChI=1S/C13H11N5/c14-4-3-13-8-17-9-18(13)12-2-1-10(6-15)11(5-12)7-16/h1-2,5,8-9H,3-4,14H2. The molecule has 0 saturated heterocycles. The Morgan fingerprint density at radius 1 is 1.22 bits per heavy atom. The molecular formula is C13H11N5. The van der Waals surface area contributed by atoms with Crippen LogP contribution in [0.2, 0.25) is 0 Å². The van der Waals surface area contributed by atoms with E-state index in [9.17, 15) is 0 Å². The summed E-state index contributed by atoms with van der Waals surface area (Å²) in [6.07, 6.45) is 4.13. The van der Waals surface area contributed by atoms with Gasteiger partial charge in [0.05, 0.1) is 17.5 Å². The van der Waals surface area contributed by atoms with E-state index in [0.717, 1.165) is 11.4 Å². The molecule has 0 aliphatic rings. The lowest BCUT2D eigenvalue weighted by Crippen LogP contribution is -2.07. The molecule has 5 nitrogen and oxygen atoms in total. The molecular weight excluding hydrogens is 226 g/mol. The van der Waals surface area contributed by atoms with Crippen molar-refractivity contribution < 1.29 is 0 Å². The molecule has 0 atom stereocenters. The number of nitrogens with two attached hydrogens (primary N) is 1. The minimum absolute atomic E-state index is 0.363. The molecule has 0 aliphatic carbocycles. The van der Waals surface area contributed by atoms with Crippen LogP contribution >= 0.6 is 0 Å². The summed E-state index contributed by atoms with van der Waals surface area (Å²) in [6, 6.07) is 9.12. The molecule has 0 amide bonds. The molecule has 1 aromatic carbocycles. The Bertz CT molecular complexity index is 642. The summed E-state index contributed by atoms with van der Waals surface area (Å²) < 4.78 is 1.87. The van der Waals surface area contributed by atoms with Gasteiger partial charge in [0.25, 0.3) is 0 Å². The van der Waals surface area contributed by atoms with Gasteiger partial charge in [0, 0.05) is 24.0 Å². The van der Waals surface area contributed by atoms with Crippen LogP contribution in [0.15, 0.2) is 30.7 Å². The monoisotopic (exact) mass is 237 g/mol. The molecule has 0 spiro atoms. The first-order chi connectivity index (χ1) is 8.80. The van der Waals surface area contributed by atoms with E-state index in [-0.39, 0.29) is 0 Å². The van der Waals surface area contributed by atoms with Gasteiger partial charge in [-0.1, -0.05) is 0 Å². The van der Waals surface area contributed by atoms with Crippen LogP contribution in [-0.2, 0) is 6.42 Å². The van der Waals surface area contributed by atoms with Gasteiger partial charge in [-0.15, -0.1) is 0 Å². The highest BCUT2D eigenvalue weighted by molar-refractivity contribution is 5.51. The molecule has 0 fully saturated rings. The Morgan fingerprint density at radius 2 is 2.00 bits per heavy atom. The molecule has 2 aromatic rings. The van der Waals surface area contributed by atoms with Crippen LogP contribution < -0.4 is 5.73 Å². The summed E-state index contributed by atoms with van der Waals surface area (Å²) in [6.45, 7) is 0.535. The van der Waals surface area contributed by atoms with Crippen LogP contribution in [0.4, 0.5) is 0 Å². The van der Waals surface area contributed by atoms with Crippen LogP contribution in [0.1, 0.15) is 16.8 Å². The molecule has 0 saturated carbocycles. The minimum atomic E-state index is 0.363. The lowest BCUT2D eigenvalue weighted by Gasteiger charge is -2.08. The Balaban J connectivity index is 2.49. The van der Waals surface area contributed by atoms with Crippen molar-refractivity contribution in [3.05, 3.63) is 47.5 Å². The number of hydrogen-bond acceptors (Lipinski definition) is 4. The largest absolute Gasteiger partial charge is 0.330 e. The quantitative estimate of drug-likeness (QED) is 0.865. The van der Waals surface area contributed by atoms with Gasteiger partial charge < -0.3 is 10.3 Å². The fourth-order valence-corrected chi connectivity index (χ4v) is 1.76. The molecule has 2 rings (SSSR count). The molecule has 1 heterocycles. The van der Waals surface area contributed by atoms with Crippen molar-refractivity contribution in [1.82, 2.24) is 9.55 Å². The van der Waals surface area contributed by atoms with Gasteiger partial charge in [-0.3, -0.25) is 0 Å². The van der Waals surface area contributed by atoms with Crippen molar-refractivity contribution in [2.45, 2.75) is 6.42 Å². The highest BCUT2D eigenvalue weighted by Gasteiger charge is 2.07. The second-order valence-electron chi connectivity index (χ2n) is 3.75. The van der Waals surface area contributed by atoms with E-state index >= 15 is 0 Å². The second-order valence-corrected chi connectivity index (χ2v) is 3.75. The van der Waals surface area contributed by atoms with E-state index in [1.807, 2.05) is 16.7 Å². The van der Waals surface area contributed by atoms with Gasteiger partial charge in [-0.05, 0) is 24.7 Å². The third-order valence-corrected chi connectivity index (χ3v) is 2.64. The zero-order valence-electron chi connectivity index (χ0n) is 9.67. The molecule has 88 valence electrons. The lowest BCUT2D eigenvalue weighted by molar-refractivity contribution is 0.873. The molecule has 0 unspecified atom stereocenters. The molecule has 2 N–H and O–H groups in total. The third kappa shape index (κ3) is 2.08. The third-order valence-electron chi connectivity index (χ3n) is 2.64. The molecule has 0 bridgehead atoms. The molecule has 0 aliphatic heterocycles. The summed E-state index contributed by atoms with van der Waals surface area (Å²) in [7, 11) is 0. The number of imidazole rings is 1. The van der Waals surface area contributed by atoms with E-state index in [2.05, 4.69) is 4.98 Å². The summed E-state index contributed by atoms with van der Waals surface area (Å²) in [5.74, 6) is 0. The predicted molar refractivity (Wildman–Crippen MR) is 65.8 cm³/mol. The minimum Gasteiger partial charge on any atom is -0.330 e. The van der Waals surface area contributed by atoms with Gasteiger partial charge in [0.1, 0.15) is 12.1 Å². The Labute approximate surface area is 105 Å². The fraction of sp³-hybridized carbons (Fsp3) is 0.154. The average molecular weight is 237 g/mol. The molecule has 0 radical (unpaired) electrons. The average Bonchev–Trinajstić information content (AvgIpc) is 2.86. The fourth-order valence-electron chi connectivity index (χ4n) is 1.76. The van der Waals surface area contributed by atoms with E-state index in [1.165, 1.54) is 0 Å². The maximum atomic E-state index is 9.00. The van der Waals surface area contributed by atoms with Crippen molar-refractivity contribution in [2.24, 2.45) is 5.73 Å². The Hall–Kier alpha value is -2.63. The topological polar surface area (TPSA) is 91.4 Å². The van der Waals surface area contributed by atoms with E-state index in [1.54, 1.807) is 30.7 Å². The van der Waals surface area contributed by atoms with Crippen molar-refractivity contribution in [3.8, 4) is 17.8 Å². The summed E-state index contributed by atoms with van der Waals surface area (Å²) in [5, 5.41) is 17.9. The Kier molecular flexibility index (Phi) is 3.38. The SMILES string of the molecule is N#Cc1ccc(-n2cncc2CCN)cc1C#N. The Morgan fingerprint density at radius 3 is 2.67 bits per heavy atom. The number of nitrogens with zero attached hydrogens (tertiary/aromatic N) is 4. The van der Waals surface area contributed by atoms with Gasteiger partial charge in [0.15, 0.2) is 0 Å². The highest BCUT2D eigenvalue weighted by Crippen LogP contribution is 2.16. The smallest absolute Gasteiger partial charge is 0.101 e.